The monoisotopic (exact) mass is 385 g/mol. The van der Waals surface area contributed by atoms with Crippen molar-refractivity contribution in [3.63, 3.8) is 0 Å². The summed E-state index contributed by atoms with van der Waals surface area (Å²) in [6.45, 7) is -0.443. The smallest absolute Gasteiger partial charge is 0.387 e. The maximum atomic E-state index is 12.3. The van der Waals surface area contributed by atoms with Gasteiger partial charge in [-0.25, -0.2) is 0 Å². The number of benzene rings is 2. The minimum Gasteiger partial charge on any atom is -0.493 e. The first kappa shape index (κ1) is 19.8. The molecule has 2 aromatic rings. The second-order valence-electron chi connectivity index (χ2n) is 5.13. The van der Waals surface area contributed by atoms with Crippen LogP contribution in [0.2, 0.25) is 5.02 Å². The Morgan fingerprint density at radius 2 is 1.92 bits per heavy atom. The second kappa shape index (κ2) is 9.24. The average Bonchev–Trinajstić information content (AvgIpc) is 2.62. The van der Waals surface area contributed by atoms with Crippen molar-refractivity contribution >= 4 is 17.5 Å². The molecule has 0 saturated heterocycles. The third-order valence-electron chi connectivity index (χ3n) is 3.38. The zero-order valence-electron chi connectivity index (χ0n) is 14.2. The summed E-state index contributed by atoms with van der Waals surface area (Å²) in [6, 6.07) is 9.01. The Balaban J connectivity index is 2.04. The molecule has 0 aliphatic rings. The van der Waals surface area contributed by atoms with Gasteiger partial charge < -0.3 is 19.5 Å². The molecule has 2 rings (SSSR count). The highest BCUT2D eigenvalue weighted by Gasteiger charge is 2.15. The van der Waals surface area contributed by atoms with Gasteiger partial charge in [0.1, 0.15) is 5.75 Å². The Morgan fingerprint density at radius 1 is 1.23 bits per heavy atom. The second-order valence-corrected chi connectivity index (χ2v) is 5.53. The minimum absolute atomic E-state index is 0.0538. The minimum atomic E-state index is -2.88. The molecule has 0 radical (unpaired) electrons. The Hall–Kier alpha value is -2.54. The first-order valence-electron chi connectivity index (χ1n) is 7.76. The van der Waals surface area contributed by atoms with E-state index in [4.69, 9.17) is 21.1 Å². The van der Waals surface area contributed by atoms with Crippen LogP contribution in [0.1, 0.15) is 22.8 Å². The summed E-state index contributed by atoms with van der Waals surface area (Å²) >= 11 is 6.15. The Labute approximate surface area is 154 Å². The summed E-state index contributed by atoms with van der Waals surface area (Å²) in [5.41, 5.74) is 1.04. The fourth-order valence-electron chi connectivity index (χ4n) is 2.21. The van der Waals surface area contributed by atoms with Gasteiger partial charge >= 0.3 is 6.61 Å². The molecule has 0 atom stereocenters. The van der Waals surface area contributed by atoms with Crippen LogP contribution in [-0.4, -0.2) is 26.2 Å². The highest BCUT2D eigenvalue weighted by Crippen LogP contribution is 2.36. The van der Waals surface area contributed by atoms with Crippen LogP contribution in [0, 0.1) is 0 Å². The molecule has 26 heavy (non-hydrogen) atoms. The number of rotatable bonds is 8. The summed E-state index contributed by atoms with van der Waals surface area (Å²) in [5, 5.41) is 2.99. The number of carbonyl (C=O) groups is 1. The highest BCUT2D eigenvalue weighted by molar-refractivity contribution is 6.32. The quantitative estimate of drug-likeness (QED) is 0.737. The molecule has 0 spiro atoms. The third-order valence-corrected chi connectivity index (χ3v) is 3.66. The summed E-state index contributed by atoms with van der Waals surface area (Å²) in [7, 11) is 1.46. The third kappa shape index (κ3) is 5.23. The maximum Gasteiger partial charge on any atom is 0.387 e. The molecule has 1 N–H and O–H groups in total. The predicted molar refractivity (Wildman–Crippen MR) is 93.4 cm³/mol. The molecule has 0 heterocycles. The van der Waals surface area contributed by atoms with Crippen molar-refractivity contribution in [3.05, 3.63) is 52.5 Å². The number of alkyl halides is 2. The van der Waals surface area contributed by atoms with Gasteiger partial charge in [-0.3, -0.25) is 4.79 Å². The number of hydrogen-bond acceptors (Lipinski definition) is 4. The van der Waals surface area contributed by atoms with E-state index in [1.807, 2.05) is 6.92 Å². The van der Waals surface area contributed by atoms with Gasteiger partial charge in [-0.05, 0) is 36.8 Å². The molecular weight excluding hydrogens is 368 g/mol. The van der Waals surface area contributed by atoms with Gasteiger partial charge in [-0.1, -0.05) is 23.7 Å². The van der Waals surface area contributed by atoms with E-state index in [9.17, 15) is 13.6 Å². The molecule has 1 amide bonds. The van der Waals surface area contributed by atoms with Crippen LogP contribution >= 0.6 is 11.6 Å². The van der Waals surface area contributed by atoms with Crippen LogP contribution in [0.25, 0.3) is 0 Å². The Bertz CT molecular complexity index is 754. The molecular formula is C18H18ClF2NO4. The normalized spacial score (nSPS) is 10.5. The van der Waals surface area contributed by atoms with Crippen molar-refractivity contribution in [3.8, 4) is 17.2 Å². The molecule has 0 aliphatic carbocycles. The lowest BCUT2D eigenvalue weighted by Gasteiger charge is -2.13. The van der Waals surface area contributed by atoms with Crippen molar-refractivity contribution in [1.82, 2.24) is 5.32 Å². The van der Waals surface area contributed by atoms with Crippen molar-refractivity contribution in [2.24, 2.45) is 0 Å². The van der Waals surface area contributed by atoms with E-state index in [0.29, 0.717) is 23.7 Å². The van der Waals surface area contributed by atoms with E-state index in [0.717, 1.165) is 5.56 Å². The van der Waals surface area contributed by atoms with Crippen LogP contribution in [0.3, 0.4) is 0 Å². The Kier molecular flexibility index (Phi) is 7.03. The molecule has 0 aromatic heterocycles. The molecule has 140 valence electrons. The fraction of sp³-hybridized carbons (Fsp3) is 0.278. The summed E-state index contributed by atoms with van der Waals surface area (Å²) in [4.78, 5) is 12.3. The average molecular weight is 386 g/mol. The van der Waals surface area contributed by atoms with Gasteiger partial charge in [0.05, 0.1) is 18.7 Å². The lowest BCUT2D eigenvalue weighted by atomic mass is 10.1. The lowest BCUT2D eigenvalue weighted by Crippen LogP contribution is -2.22. The van der Waals surface area contributed by atoms with Crippen molar-refractivity contribution in [2.75, 3.05) is 13.7 Å². The van der Waals surface area contributed by atoms with Gasteiger partial charge in [0.25, 0.3) is 5.91 Å². The topological polar surface area (TPSA) is 56.8 Å². The summed E-state index contributed by atoms with van der Waals surface area (Å²) in [5.74, 6) is 0.431. The number of amides is 1. The van der Waals surface area contributed by atoms with E-state index in [1.54, 1.807) is 12.1 Å². The summed E-state index contributed by atoms with van der Waals surface area (Å²) < 4.78 is 39.1. The van der Waals surface area contributed by atoms with Crippen LogP contribution in [0.5, 0.6) is 17.2 Å². The fourth-order valence-corrected chi connectivity index (χ4v) is 2.47. The van der Waals surface area contributed by atoms with Crippen LogP contribution in [0.4, 0.5) is 8.78 Å². The standard InChI is InChI=1S/C18H18ClF2NO4/c1-3-25-16-14(19)8-12(9-15(16)24-2)17(23)22-10-11-4-6-13(7-5-11)26-18(20)21/h4-9,18H,3,10H2,1-2H3,(H,22,23). The first-order valence-corrected chi connectivity index (χ1v) is 8.14. The number of methoxy groups -OCH3 is 1. The summed E-state index contributed by atoms with van der Waals surface area (Å²) in [6.07, 6.45) is 0. The van der Waals surface area contributed by atoms with Gasteiger partial charge in [-0.2, -0.15) is 8.78 Å². The Morgan fingerprint density at radius 3 is 2.50 bits per heavy atom. The van der Waals surface area contributed by atoms with Crippen molar-refractivity contribution < 1.29 is 27.8 Å². The predicted octanol–water partition coefficient (Wildman–Crippen LogP) is 4.28. The molecule has 0 saturated carbocycles. The van der Waals surface area contributed by atoms with E-state index < -0.39 is 6.61 Å². The molecule has 0 bridgehead atoms. The molecule has 0 aliphatic heterocycles. The molecule has 5 nitrogen and oxygen atoms in total. The zero-order chi connectivity index (χ0) is 19.1. The van der Waals surface area contributed by atoms with Gasteiger partial charge in [-0.15, -0.1) is 0 Å². The van der Waals surface area contributed by atoms with Gasteiger partial charge in [0.2, 0.25) is 0 Å². The number of halogens is 3. The molecule has 2 aromatic carbocycles. The maximum absolute atomic E-state index is 12.3. The van der Waals surface area contributed by atoms with Crippen LogP contribution < -0.4 is 19.5 Å². The van der Waals surface area contributed by atoms with E-state index >= 15 is 0 Å². The number of carbonyl (C=O) groups excluding carboxylic acids is 1. The first-order chi connectivity index (χ1) is 12.4. The number of ether oxygens (including phenoxy) is 3. The van der Waals surface area contributed by atoms with Crippen LogP contribution in [0.15, 0.2) is 36.4 Å². The van der Waals surface area contributed by atoms with E-state index in [1.165, 1.54) is 31.4 Å². The van der Waals surface area contributed by atoms with Crippen molar-refractivity contribution in [2.45, 2.75) is 20.1 Å². The van der Waals surface area contributed by atoms with Crippen LogP contribution in [-0.2, 0) is 6.54 Å². The SMILES string of the molecule is CCOc1c(Cl)cc(C(=O)NCc2ccc(OC(F)F)cc2)cc1OC. The van der Waals surface area contributed by atoms with E-state index in [2.05, 4.69) is 10.1 Å². The zero-order valence-corrected chi connectivity index (χ0v) is 15.0. The lowest BCUT2D eigenvalue weighted by molar-refractivity contribution is -0.0498. The van der Waals surface area contributed by atoms with Gasteiger partial charge in [0, 0.05) is 12.1 Å². The largest absolute Gasteiger partial charge is 0.493 e. The number of hydrogen-bond donors (Lipinski definition) is 1. The molecule has 0 fully saturated rings. The number of nitrogens with one attached hydrogen (secondary N) is 1. The van der Waals surface area contributed by atoms with Gasteiger partial charge in [0.15, 0.2) is 11.5 Å². The van der Waals surface area contributed by atoms with E-state index in [-0.39, 0.29) is 23.2 Å². The molecule has 0 unspecified atom stereocenters. The van der Waals surface area contributed by atoms with Crippen molar-refractivity contribution in [1.29, 1.82) is 0 Å². The highest BCUT2D eigenvalue weighted by atomic mass is 35.5. The molecule has 8 heteroatoms.